The van der Waals surface area contributed by atoms with Gasteiger partial charge in [0.05, 0.1) is 0 Å². The molecule has 2 N–H and O–H groups in total. The van der Waals surface area contributed by atoms with Crippen molar-refractivity contribution in [3.05, 3.63) is 0 Å². The Labute approximate surface area is 110 Å². The molecule has 0 heterocycles. The number of rotatable bonds is 4. The van der Waals surface area contributed by atoms with Crippen LogP contribution in [0.2, 0.25) is 0 Å². The average Bonchev–Trinajstić information content (AvgIpc) is 2.30. The molecule has 0 aromatic rings. The molecule has 1 amide bonds. The van der Waals surface area contributed by atoms with Crippen molar-refractivity contribution in [3.8, 4) is 0 Å². The molecule has 0 saturated heterocycles. The Bertz CT molecular complexity index is 227. The summed E-state index contributed by atoms with van der Waals surface area (Å²) in [5.74, 6) is 0.817. The number of hydrogen-bond donors (Lipinski definition) is 1. The number of ether oxygens (including phenoxy) is 1. The zero-order valence-corrected chi connectivity index (χ0v) is 11.8. The first-order chi connectivity index (χ1) is 7.60. The van der Waals surface area contributed by atoms with Gasteiger partial charge >= 0.3 is 0 Å². The highest BCUT2D eigenvalue weighted by Gasteiger charge is 2.28. The maximum atomic E-state index is 12.0. The summed E-state index contributed by atoms with van der Waals surface area (Å²) in [6.45, 7) is 2.53. The van der Waals surface area contributed by atoms with E-state index in [9.17, 15) is 4.79 Å². The Morgan fingerprint density at radius 3 is 2.35 bits per heavy atom. The third-order valence-corrected chi connectivity index (χ3v) is 3.65. The van der Waals surface area contributed by atoms with E-state index >= 15 is 0 Å². The van der Waals surface area contributed by atoms with Crippen molar-refractivity contribution in [2.75, 3.05) is 20.7 Å². The third-order valence-electron chi connectivity index (χ3n) is 3.65. The van der Waals surface area contributed by atoms with Gasteiger partial charge in [0.2, 0.25) is 0 Å². The first-order valence-electron chi connectivity index (χ1n) is 6.09. The molecule has 1 aliphatic carbocycles. The zero-order valence-electron chi connectivity index (χ0n) is 11.0. The van der Waals surface area contributed by atoms with Gasteiger partial charge in [-0.1, -0.05) is 6.92 Å². The monoisotopic (exact) mass is 264 g/mol. The van der Waals surface area contributed by atoms with Crippen molar-refractivity contribution in [3.63, 3.8) is 0 Å². The molecule has 1 saturated carbocycles. The fourth-order valence-electron chi connectivity index (χ4n) is 2.33. The molecule has 1 aliphatic rings. The number of carbonyl (C=O) groups excluding carboxylic acids is 1. The SMILES string of the molecule is COC(CN)C(=O)N(C)C1CCC(C)CC1.Cl. The highest BCUT2D eigenvalue weighted by atomic mass is 35.5. The summed E-state index contributed by atoms with van der Waals surface area (Å²) in [6, 6.07) is 0.368. The van der Waals surface area contributed by atoms with Crippen LogP contribution in [0.5, 0.6) is 0 Å². The second-order valence-corrected chi connectivity index (χ2v) is 4.82. The molecule has 4 nitrogen and oxygen atoms in total. The fraction of sp³-hybridized carbons (Fsp3) is 0.917. The number of methoxy groups -OCH3 is 1. The van der Waals surface area contributed by atoms with Crippen LogP contribution >= 0.6 is 12.4 Å². The molecular formula is C12H25ClN2O2. The van der Waals surface area contributed by atoms with Gasteiger partial charge in [0, 0.05) is 26.7 Å². The van der Waals surface area contributed by atoms with Crippen LogP contribution in [0.3, 0.4) is 0 Å². The van der Waals surface area contributed by atoms with Gasteiger partial charge < -0.3 is 15.4 Å². The number of hydrogen-bond acceptors (Lipinski definition) is 3. The summed E-state index contributed by atoms with van der Waals surface area (Å²) in [5.41, 5.74) is 5.50. The van der Waals surface area contributed by atoms with Crippen molar-refractivity contribution in [2.45, 2.75) is 44.8 Å². The van der Waals surface area contributed by atoms with Crippen molar-refractivity contribution >= 4 is 18.3 Å². The third kappa shape index (κ3) is 4.45. The van der Waals surface area contributed by atoms with E-state index in [1.807, 2.05) is 11.9 Å². The van der Waals surface area contributed by atoms with Gasteiger partial charge in [-0.2, -0.15) is 0 Å². The van der Waals surface area contributed by atoms with Crippen LogP contribution in [-0.4, -0.2) is 43.7 Å². The average molecular weight is 265 g/mol. The Morgan fingerprint density at radius 2 is 1.94 bits per heavy atom. The number of likely N-dealkylation sites (N-methyl/N-ethyl adjacent to an activating group) is 1. The predicted molar refractivity (Wildman–Crippen MR) is 71.3 cm³/mol. The van der Waals surface area contributed by atoms with Crippen LogP contribution in [0.25, 0.3) is 0 Å². The maximum absolute atomic E-state index is 12.0. The first-order valence-corrected chi connectivity index (χ1v) is 6.09. The van der Waals surface area contributed by atoms with Gasteiger partial charge in [0.15, 0.2) is 0 Å². The van der Waals surface area contributed by atoms with E-state index < -0.39 is 6.10 Å². The normalized spacial score (nSPS) is 25.9. The molecule has 1 fully saturated rings. The largest absolute Gasteiger partial charge is 0.370 e. The topological polar surface area (TPSA) is 55.6 Å². The van der Waals surface area contributed by atoms with Crippen molar-refractivity contribution in [2.24, 2.45) is 11.7 Å². The summed E-state index contributed by atoms with van der Waals surface area (Å²) >= 11 is 0. The van der Waals surface area contributed by atoms with Crippen LogP contribution in [0.15, 0.2) is 0 Å². The van der Waals surface area contributed by atoms with Gasteiger partial charge in [0.25, 0.3) is 5.91 Å². The molecule has 0 aliphatic heterocycles. The van der Waals surface area contributed by atoms with Crippen molar-refractivity contribution in [1.82, 2.24) is 4.90 Å². The molecule has 0 aromatic carbocycles. The standard InChI is InChI=1S/C12H24N2O2.ClH/c1-9-4-6-10(7-5-9)14(2)12(15)11(8-13)16-3;/h9-11H,4-8,13H2,1-3H3;1H. The molecular weight excluding hydrogens is 240 g/mol. The zero-order chi connectivity index (χ0) is 12.1. The Balaban J connectivity index is 0.00000256. The molecule has 0 bridgehead atoms. The highest BCUT2D eigenvalue weighted by Crippen LogP contribution is 2.26. The summed E-state index contributed by atoms with van der Waals surface area (Å²) in [7, 11) is 3.40. The number of halogens is 1. The minimum absolute atomic E-state index is 0. The predicted octanol–water partition coefficient (Wildman–Crippen LogP) is 1.42. The number of carbonyl (C=O) groups is 1. The van der Waals surface area contributed by atoms with E-state index in [1.54, 1.807) is 0 Å². The number of nitrogens with two attached hydrogens (primary N) is 1. The molecule has 1 rings (SSSR count). The van der Waals surface area contributed by atoms with Gasteiger partial charge in [-0.05, 0) is 31.6 Å². The van der Waals surface area contributed by atoms with Crippen LogP contribution in [0.4, 0.5) is 0 Å². The van der Waals surface area contributed by atoms with E-state index in [2.05, 4.69) is 6.92 Å². The lowest BCUT2D eigenvalue weighted by Crippen LogP contribution is -2.47. The lowest BCUT2D eigenvalue weighted by atomic mass is 9.86. The van der Waals surface area contributed by atoms with E-state index in [1.165, 1.54) is 20.0 Å². The molecule has 0 radical (unpaired) electrons. The van der Waals surface area contributed by atoms with Crippen LogP contribution in [-0.2, 0) is 9.53 Å². The van der Waals surface area contributed by atoms with Gasteiger partial charge in [-0.25, -0.2) is 0 Å². The molecule has 17 heavy (non-hydrogen) atoms. The van der Waals surface area contributed by atoms with E-state index in [4.69, 9.17) is 10.5 Å². The summed E-state index contributed by atoms with van der Waals surface area (Å²) < 4.78 is 5.08. The fourth-order valence-corrected chi connectivity index (χ4v) is 2.33. The van der Waals surface area contributed by atoms with Crippen LogP contribution in [0.1, 0.15) is 32.6 Å². The maximum Gasteiger partial charge on any atom is 0.252 e. The quantitative estimate of drug-likeness (QED) is 0.836. The second-order valence-electron chi connectivity index (χ2n) is 4.82. The minimum Gasteiger partial charge on any atom is -0.370 e. The number of nitrogens with zero attached hydrogens (tertiary/aromatic N) is 1. The highest BCUT2D eigenvalue weighted by molar-refractivity contribution is 5.85. The second kappa shape index (κ2) is 7.90. The molecule has 102 valence electrons. The lowest BCUT2D eigenvalue weighted by Gasteiger charge is -2.35. The Hall–Kier alpha value is -0.320. The number of amides is 1. The first kappa shape index (κ1) is 16.7. The van der Waals surface area contributed by atoms with Crippen LogP contribution in [0, 0.1) is 5.92 Å². The Morgan fingerprint density at radius 1 is 1.41 bits per heavy atom. The van der Waals surface area contributed by atoms with Gasteiger partial charge in [-0.3, -0.25) is 4.79 Å². The molecule has 1 atom stereocenters. The summed E-state index contributed by atoms with van der Waals surface area (Å²) in [4.78, 5) is 13.8. The van der Waals surface area contributed by atoms with Crippen molar-refractivity contribution < 1.29 is 9.53 Å². The molecule has 5 heteroatoms. The van der Waals surface area contributed by atoms with Crippen LogP contribution < -0.4 is 5.73 Å². The van der Waals surface area contributed by atoms with Gasteiger partial charge in [-0.15, -0.1) is 12.4 Å². The van der Waals surface area contributed by atoms with E-state index in [-0.39, 0.29) is 24.9 Å². The smallest absolute Gasteiger partial charge is 0.252 e. The summed E-state index contributed by atoms with van der Waals surface area (Å²) in [6.07, 6.45) is 4.14. The van der Waals surface area contributed by atoms with Crippen molar-refractivity contribution in [1.29, 1.82) is 0 Å². The molecule has 1 unspecified atom stereocenters. The van der Waals surface area contributed by atoms with E-state index in [0.717, 1.165) is 18.8 Å². The van der Waals surface area contributed by atoms with Gasteiger partial charge in [0.1, 0.15) is 6.10 Å². The summed E-state index contributed by atoms with van der Waals surface area (Å²) in [5, 5.41) is 0. The lowest BCUT2D eigenvalue weighted by molar-refractivity contribution is -0.142. The van der Waals surface area contributed by atoms with E-state index in [0.29, 0.717) is 6.04 Å². The molecule has 0 aromatic heterocycles. The minimum atomic E-state index is -0.482. The molecule has 0 spiro atoms. The Kier molecular flexibility index (Phi) is 7.75.